The quantitative estimate of drug-likeness (QED) is 0.189. The lowest BCUT2D eigenvalue weighted by molar-refractivity contribution is -0.136. The Morgan fingerprint density at radius 1 is 0.807 bits per heavy atom. The molecule has 3 aliphatic heterocycles. The molecule has 0 saturated carbocycles. The minimum Gasteiger partial charge on any atom is -0.475 e. The van der Waals surface area contributed by atoms with Crippen molar-refractivity contribution in [3.63, 3.8) is 0 Å². The molecule has 1 unspecified atom stereocenters. The lowest BCUT2D eigenvalue weighted by atomic mass is 10.1. The molecule has 3 fully saturated rings. The van der Waals surface area contributed by atoms with E-state index in [9.17, 15) is 29.1 Å². The Bertz CT molecular complexity index is 2170. The van der Waals surface area contributed by atoms with Crippen molar-refractivity contribution in [3.8, 4) is 0 Å². The number of carbonyl (C=O) groups excluding carboxylic acids is 3. The zero-order valence-corrected chi connectivity index (χ0v) is 34.4. The number of likely N-dealkylation sites (tertiary alicyclic amines) is 1. The zero-order chi connectivity index (χ0) is 41.2. The number of halogens is 2. The molecule has 306 valence electrons. The van der Waals surface area contributed by atoms with Gasteiger partial charge in [-0.3, -0.25) is 9.69 Å². The van der Waals surface area contributed by atoms with Crippen LogP contribution < -0.4 is 9.80 Å². The van der Waals surface area contributed by atoms with Crippen LogP contribution in [0, 0.1) is 0 Å². The molecule has 3 aliphatic rings. The van der Waals surface area contributed by atoms with Crippen molar-refractivity contribution in [1.29, 1.82) is 0 Å². The normalized spacial score (nSPS) is 17.4. The maximum atomic E-state index is 13.2. The summed E-state index contributed by atoms with van der Waals surface area (Å²) in [7, 11) is 0. The number of furan rings is 2. The monoisotopic (exact) mass is 873 g/mol. The van der Waals surface area contributed by atoms with Crippen molar-refractivity contribution in [3.05, 3.63) is 57.4 Å². The van der Waals surface area contributed by atoms with Crippen LogP contribution in [0.5, 0.6) is 0 Å². The van der Waals surface area contributed by atoms with Crippen LogP contribution in [-0.4, -0.2) is 132 Å². The Labute approximate surface area is 341 Å². The number of carboxylic acid groups (broad SMARTS) is 2. The van der Waals surface area contributed by atoms with Gasteiger partial charge in [0.25, 0.3) is 0 Å². The summed E-state index contributed by atoms with van der Waals surface area (Å²) >= 11 is 10.1. The summed E-state index contributed by atoms with van der Waals surface area (Å²) in [5, 5.41) is 20.0. The first-order valence-corrected chi connectivity index (χ1v) is 19.8. The van der Waals surface area contributed by atoms with E-state index in [1.807, 2.05) is 42.7 Å². The standard InChI is InChI=1S/C23H28BrN3O6.C16H17ClN2O5/c1-23(2,3)33-22(31)27-8-4-5-16(27)20(28)26-11-9-25(10-12-26)15-6-7-17-14(19(15)24)13-18(32-17)21(29)30;1-2-23-15(20)13-9-10-12(24-13)4-3-11(14(10)17)18-5-7-19(8-6-18)16(21)22/h6-7,13,16H,4-5,8-12H2,1-3H3,(H,29,30);3-4,9H,2,5-8H2,1H3,(H,21,22). The van der Waals surface area contributed by atoms with Gasteiger partial charge in [-0.15, -0.1) is 0 Å². The molecule has 0 bridgehead atoms. The third kappa shape index (κ3) is 9.20. The molecule has 2 aromatic carbocycles. The molecule has 0 aliphatic carbocycles. The molecule has 5 heterocycles. The molecule has 2 aromatic heterocycles. The predicted molar refractivity (Wildman–Crippen MR) is 215 cm³/mol. The molecule has 1 atom stereocenters. The van der Waals surface area contributed by atoms with Crippen molar-refractivity contribution >= 4 is 90.9 Å². The topological polar surface area (TPSA) is 187 Å². The number of amides is 3. The van der Waals surface area contributed by atoms with Gasteiger partial charge in [0, 0.05) is 81.8 Å². The van der Waals surface area contributed by atoms with E-state index in [2.05, 4.69) is 20.8 Å². The third-order valence-electron chi connectivity index (χ3n) is 9.91. The Morgan fingerprint density at radius 2 is 1.37 bits per heavy atom. The van der Waals surface area contributed by atoms with E-state index >= 15 is 0 Å². The number of esters is 1. The molecule has 4 aromatic rings. The van der Waals surface area contributed by atoms with Crippen LogP contribution in [0.25, 0.3) is 21.9 Å². The first-order valence-electron chi connectivity index (χ1n) is 18.7. The summed E-state index contributed by atoms with van der Waals surface area (Å²) in [6, 6.07) is 9.83. The number of hydrogen-bond acceptors (Lipinski definition) is 11. The van der Waals surface area contributed by atoms with Gasteiger partial charge in [0.2, 0.25) is 17.4 Å². The second kappa shape index (κ2) is 17.1. The smallest absolute Gasteiger partial charge is 0.410 e. The molecule has 0 spiro atoms. The number of carboxylic acids is 1. The number of benzene rings is 2. The van der Waals surface area contributed by atoms with Crippen molar-refractivity contribution < 1.29 is 52.5 Å². The Hall–Kier alpha value is -5.16. The summed E-state index contributed by atoms with van der Waals surface area (Å²) < 4.78 is 22.0. The molecule has 3 amide bonds. The minimum atomic E-state index is -1.11. The number of nitrogens with zero attached hydrogens (tertiary/aromatic N) is 5. The van der Waals surface area contributed by atoms with Crippen molar-refractivity contribution in [2.75, 3.05) is 75.3 Å². The van der Waals surface area contributed by atoms with Crippen LogP contribution in [-0.2, 0) is 14.3 Å². The number of aromatic carboxylic acids is 1. The van der Waals surface area contributed by atoms with Gasteiger partial charge in [-0.25, -0.2) is 19.2 Å². The van der Waals surface area contributed by atoms with Crippen LogP contribution in [0.4, 0.5) is 21.0 Å². The molecular weight excluding hydrogens is 830 g/mol. The van der Waals surface area contributed by atoms with Gasteiger partial charge < -0.3 is 48.1 Å². The number of anilines is 2. The van der Waals surface area contributed by atoms with Gasteiger partial charge in [-0.2, -0.15) is 0 Å². The van der Waals surface area contributed by atoms with Crippen LogP contribution >= 0.6 is 27.5 Å². The predicted octanol–water partition coefficient (Wildman–Crippen LogP) is 7.00. The van der Waals surface area contributed by atoms with Crippen LogP contribution in [0.1, 0.15) is 61.6 Å². The number of carbonyl (C=O) groups is 5. The average Bonchev–Trinajstić information content (AvgIpc) is 3.95. The van der Waals surface area contributed by atoms with E-state index in [1.165, 1.54) is 11.0 Å². The summed E-state index contributed by atoms with van der Waals surface area (Å²) in [6.07, 6.45) is 0.0820. The molecule has 3 saturated heterocycles. The molecular formula is C39H45BrClN5O11. The van der Waals surface area contributed by atoms with Crippen LogP contribution in [0.3, 0.4) is 0 Å². The first kappa shape index (κ1) is 41.5. The third-order valence-corrected chi connectivity index (χ3v) is 11.1. The number of piperazine rings is 2. The fraction of sp³-hybridized carbons (Fsp3) is 0.462. The molecule has 57 heavy (non-hydrogen) atoms. The van der Waals surface area contributed by atoms with Gasteiger partial charge >= 0.3 is 24.1 Å². The van der Waals surface area contributed by atoms with E-state index in [4.69, 9.17) is 35.0 Å². The van der Waals surface area contributed by atoms with Crippen LogP contribution in [0.2, 0.25) is 5.02 Å². The molecule has 7 rings (SSSR count). The van der Waals surface area contributed by atoms with E-state index < -0.39 is 35.8 Å². The van der Waals surface area contributed by atoms with E-state index in [1.54, 1.807) is 30.0 Å². The molecule has 18 heteroatoms. The Kier molecular flexibility index (Phi) is 12.5. The summed E-state index contributed by atoms with van der Waals surface area (Å²) in [6.45, 7) is 12.2. The van der Waals surface area contributed by atoms with Crippen LogP contribution in [0.15, 0.2) is 49.7 Å². The molecule has 2 N–H and O–H groups in total. The first-order chi connectivity index (χ1) is 27.1. The lowest BCUT2D eigenvalue weighted by Crippen LogP contribution is -2.55. The number of ether oxygens (including phenoxy) is 2. The maximum absolute atomic E-state index is 13.2. The highest BCUT2D eigenvalue weighted by Crippen LogP contribution is 2.37. The van der Waals surface area contributed by atoms with Crippen molar-refractivity contribution in [1.82, 2.24) is 14.7 Å². The fourth-order valence-corrected chi connectivity index (χ4v) is 8.13. The van der Waals surface area contributed by atoms with E-state index in [-0.39, 0.29) is 24.0 Å². The Morgan fingerprint density at radius 3 is 1.96 bits per heavy atom. The lowest BCUT2D eigenvalue weighted by Gasteiger charge is -2.38. The average molecular weight is 875 g/mol. The van der Waals surface area contributed by atoms with Crippen molar-refractivity contribution in [2.45, 2.75) is 52.2 Å². The number of rotatable bonds is 6. The van der Waals surface area contributed by atoms with Gasteiger partial charge in [-0.1, -0.05) is 11.6 Å². The minimum absolute atomic E-state index is 0.0338. The maximum Gasteiger partial charge on any atom is 0.410 e. The highest BCUT2D eigenvalue weighted by Gasteiger charge is 2.39. The molecule has 0 radical (unpaired) electrons. The Balaban J connectivity index is 0.000000203. The fourth-order valence-electron chi connectivity index (χ4n) is 7.11. The summed E-state index contributed by atoms with van der Waals surface area (Å²) in [5.74, 6) is -1.67. The highest BCUT2D eigenvalue weighted by molar-refractivity contribution is 9.10. The van der Waals surface area contributed by atoms with Gasteiger partial charge in [0.15, 0.2) is 0 Å². The zero-order valence-electron chi connectivity index (χ0n) is 32.1. The van der Waals surface area contributed by atoms with Gasteiger partial charge in [-0.05, 0) is 80.7 Å². The second-order valence-electron chi connectivity index (χ2n) is 14.8. The van der Waals surface area contributed by atoms with Gasteiger partial charge in [0.05, 0.1) is 27.5 Å². The number of hydrogen-bond donors (Lipinski definition) is 2. The number of fused-ring (bicyclic) bond motifs is 2. The largest absolute Gasteiger partial charge is 0.475 e. The SMILES string of the molecule is CC(C)(C)OC(=O)N1CCCC1C(=O)N1CCN(c2ccc3oc(C(=O)O)cc3c2Br)CC1.CCOC(=O)c1cc2c(Cl)c(N3CCN(C(=O)O)CC3)ccc2o1. The second-order valence-corrected chi connectivity index (χ2v) is 15.9. The summed E-state index contributed by atoms with van der Waals surface area (Å²) in [4.78, 5) is 68.7. The van der Waals surface area contributed by atoms with Crippen molar-refractivity contribution in [2.24, 2.45) is 0 Å². The summed E-state index contributed by atoms with van der Waals surface area (Å²) in [5.41, 5.74) is 2.12. The highest BCUT2D eigenvalue weighted by atomic mass is 79.9. The van der Waals surface area contributed by atoms with E-state index in [0.29, 0.717) is 92.3 Å². The van der Waals surface area contributed by atoms with E-state index in [0.717, 1.165) is 22.3 Å². The van der Waals surface area contributed by atoms with Gasteiger partial charge in [0.1, 0.15) is 22.8 Å². The molecule has 16 nitrogen and oxygen atoms in total.